The number of hydrogen-bond donors (Lipinski definition) is 11. The van der Waals surface area contributed by atoms with Gasteiger partial charge in [0.05, 0.1) is 38.1 Å². The minimum Gasteiger partial charge on any atom is -0.394 e. The van der Waals surface area contributed by atoms with E-state index in [1.807, 2.05) is 6.92 Å². The largest absolute Gasteiger partial charge is 0.397 e. The van der Waals surface area contributed by atoms with E-state index in [1.165, 1.54) is 12.5 Å². The molecule has 0 radical (unpaired) electrons. The van der Waals surface area contributed by atoms with Crippen LogP contribution in [0.1, 0.15) is 92.4 Å². The molecule has 4 heterocycles. The summed E-state index contributed by atoms with van der Waals surface area (Å²) in [6.07, 6.45) is -12.9. The van der Waals surface area contributed by atoms with Crippen LogP contribution in [0.3, 0.4) is 0 Å². The molecule has 8 rings (SSSR count). The van der Waals surface area contributed by atoms with Crippen LogP contribution in [0.2, 0.25) is 0 Å². The molecule has 4 saturated heterocycles. The van der Waals surface area contributed by atoms with E-state index < -0.39 is 121 Å². The van der Waals surface area contributed by atoms with Crippen LogP contribution in [-0.2, 0) is 43.0 Å². The molecule has 0 aromatic rings. The second-order valence-corrected chi connectivity index (χ2v) is 22.7. The molecule has 66 heavy (non-hydrogen) atoms. The Morgan fingerprint density at radius 3 is 2.18 bits per heavy atom. The Kier molecular flexibility index (Phi) is 14.9. The predicted octanol–water partition coefficient (Wildman–Crippen LogP) is -0.731. The van der Waals surface area contributed by atoms with Gasteiger partial charge in [-0.1, -0.05) is 39.3 Å². The molecule has 1 unspecified atom stereocenters. The van der Waals surface area contributed by atoms with Gasteiger partial charge in [0, 0.05) is 12.3 Å². The molecular formula is C45H74O20S. The molecule has 380 valence electrons. The molecule has 26 atom stereocenters. The number of allylic oxidation sites excluding steroid dienone is 2. The third kappa shape index (κ3) is 9.11. The van der Waals surface area contributed by atoms with E-state index in [2.05, 4.69) is 26.8 Å². The molecule has 0 bridgehead atoms. The molecule has 0 amide bonds. The maximum Gasteiger partial charge on any atom is 0.397 e. The van der Waals surface area contributed by atoms with Crippen molar-refractivity contribution in [1.29, 1.82) is 0 Å². The molecule has 3 saturated carbocycles. The molecule has 8 aliphatic rings. The molecule has 4 aliphatic carbocycles. The van der Waals surface area contributed by atoms with Crippen LogP contribution >= 0.6 is 0 Å². The molecule has 4 aliphatic heterocycles. The topological polar surface area (TPSA) is 321 Å². The van der Waals surface area contributed by atoms with E-state index in [0.29, 0.717) is 43.4 Å². The van der Waals surface area contributed by atoms with Crippen LogP contribution in [0.25, 0.3) is 0 Å². The second-order valence-electron chi connectivity index (χ2n) is 21.6. The SMILES string of the molecule is C[C@@H](CC[C@@]1(O)OC2C[C@H]3[C@@H]4CC=C5C[C@@H]([C@@H]6O[C@H](CO)[C@@H](OS(=O)(=O)O)[C@H](O)[C@H]6O[C@@H]6O[C@@H](C)[C@H](O)[C@@H](O)[C@H]6O)CC[C@]5(C)[C@H]4CC[C@]3(C)[C@H]2[C@@H]1C)CO[C@@H]1O[C@H](CO)[C@@H](O)[C@H](O)[C@H]1O. The van der Waals surface area contributed by atoms with Crippen molar-refractivity contribution in [2.24, 2.45) is 52.3 Å². The standard InChI is InChI=1S/C45H74O20S/c1-19(18-59-41-35(52)34(51)32(49)28(16-46)62-41)8-13-45(55)20(2)30-27(64-45)15-26-24-7-6-23-14-22(9-11-43(23,4)25(24)10-12-44(26,30)5)38-40(63-42-36(53)33(50)31(48)21(3)60-42)37(54)39(29(17-47)61-38)65-66(56,57)58/h6,19-22,24-42,46-55H,7-18H2,1-5H3,(H,56,57,58)/t19-,20-,21-,22-,24+,25-,26-,27?,28+,29+,30-,31-,32+,33+,34-,35+,36+,37-,38-,39+,40+,41+,42-,43-,44-,45+/m0/s1. The van der Waals surface area contributed by atoms with E-state index in [9.17, 15) is 64.0 Å². The molecule has 20 nitrogen and oxygen atoms in total. The summed E-state index contributed by atoms with van der Waals surface area (Å²) in [5.41, 5.74) is 0.991. The molecule has 21 heteroatoms. The van der Waals surface area contributed by atoms with Gasteiger partial charge in [0.1, 0.15) is 67.1 Å². The van der Waals surface area contributed by atoms with E-state index in [-0.39, 0.29) is 47.2 Å². The van der Waals surface area contributed by atoms with Crippen molar-refractivity contribution in [3.05, 3.63) is 11.6 Å². The van der Waals surface area contributed by atoms with Crippen LogP contribution in [-0.4, -0.2) is 188 Å². The zero-order valence-electron chi connectivity index (χ0n) is 38.3. The number of ether oxygens (including phenoxy) is 6. The van der Waals surface area contributed by atoms with Crippen molar-refractivity contribution in [3.8, 4) is 0 Å². The summed E-state index contributed by atoms with van der Waals surface area (Å²) in [5.74, 6) is -0.653. The minimum atomic E-state index is -5.13. The van der Waals surface area contributed by atoms with E-state index in [1.54, 1.807) is 0 Å². The summed E-state index contributed by atoms with van der Waals surface area (Å²) in [6.45, 7) is 9.04. The average Bonchev–Trinajstić information content (AvgIpc) is 3.71. The number of hydrogen-bond acceptors (Lipinski definition) is 19. The number of fused-ring (bicyclic) bond motifs is 7. The van der Waals surface area contributed by atoms with Crippen LogP contribution in [0.15, 0.2) is 11.6 Å². The van der Waals surface area contributed by atoms with Crippen LogP contribution in [0.4, 0.5) is 0 Å². The highest BCUT2D eigenvalue weighted by atomic mass is 32.3. The monoisotopic (exact) mass is 966 g/mol. The summed E-state index contributed by atoms with van der Waals surface area (Å²) >= 11 is 0. The molecule has 0 spiro atoms. The van der Waals surface area contributed by atoms with E-state index >= 15 is 0 Å². The fraction of sp³-hybridized carbons (Fsp3) is 0.956. The lowest BCUT2D eigenvalue weighted by Gasteiger charge is -2.59. The van der Waals surface area contributed by atoms with Crippen molar-refractivity contribution in [3.63, 3.8) is 0 Å². The quantitative estimate of drug-likeness (QED) is 0.0801. The first-order valence-corrected chi connectivity index (χ1v) is 25.3. The first kappa shape index (κ1) is 51.3. The van der Waals surface area contributed by atoms with Gasteiger partial charge in [-0.2, -0.15) is 8.42 Å². The van der Waals surface area contributed by atoms with Crippen molar-refractivity contribution in [2.45, 2.75) is 196 Å². The van der Waals surface area contributed by atoms with Crippen LogP contribution in [0, 0.1) is 52.3 Å². The van der Waals surface area contributed by atoms with Gasteiger partial charge in [-0.25, -0.2) is 4.18 Å². The fourth-order valence-electron chi connectivity index (χ4n) is 14.1. The Bertz CT molecular complexity index is 1840. The normalized spacial score (nSPS) is 53.3. The molecule has 7 fully saturated rings. The predicted molar refractivity (Wildman–Crippen MR) is 227 cm³/mol. The third-order valence-corrected chi connectivity index (χ3v) is 18.4. The van der Waals surface area contributed by atoms with Crippen molar-refractivity contribution in [1.82, 2.24) is 0 Å². The average molecular weight is 967 g/mol. The van der Waals surface area contributed by atoms with Gasteiger partial charge in [0.15, 0.2) is 18.4 Å². The highest BCUT2D eigenvalue weighted by Gasteiger charge is 2.68. The maximum atomic E-state index is 12.1. The van der Waals surface area contributed by atoms with Gasteiger partial charge >= 0.3 is 10.4 Å². The fourth-order valence-corrected chi connectivity index (χ4v) is 14.6. The lowest BCUT2D eigenvalue weighted by atomic mass is 9.46. The van der Waals surface area contributed by atoms with Crippen LogP contribution < -0.4 is 0 Å². The highest BCUT2D eigenvalue weighted by Crippen LogP contribution is 2.70. The number of rotatable bonds is 13. The Morgan fingerprint density at radius 1 is 0.818 bits per heavy atom. The van der Waals surface area contributed by atoms with Gasteiger partial charge in [-0.15, -0.1) is 0 Å². The van der Waals surface area contributed by atoms with Crippen molar-refractivity contribution >= 4 is 10.4 Å². The Hall–Kier alpha value is -1.03. The Morgan fingerprint density at radius 2 is 1.50 bits per heavy atom. The Labute approximate surface area is 386 Å². The summed E-state index contributed by atoms with van der Waals surface area (Å²) in [5, 5.41) is 106. The van der Waals surface area contributed by atoms with Crippen molar-refractivity contribution < 1.29 is 96.6 Å². The van der Waals surface area contributed by atoms with Gasteiger partial charge in [0.2, 0.25) is 0 Å². The molecule has 11 N–H and O–H groups in total. The van der Waals surface area contributed by atoms with Gasteiger partial charge in [-0.3, -0.25) is 4.55 Å². The summed E-state index contributed by atoms with van der Waals surface area (Å²) < 4.78 is 74.2. The molecular weight excluding hydrogens is 893 g/mol. The molecule has 0 aromatic carbocycles. The zero-order chi connectivity index (χ0) is 48.0. The molecule has 0 aromatic heterocycles. The third-order valence-electron chi connectivity index (χ3n) is 17.9. The van der Waals surface area contributed by atoms with Crippen molar-refractivity contribution in [2.75, 3.05) is 19.8 Å². The minimum absolute atomic E-state index is 0.0735. The highest BCUT2D eigenvalue weighted by molar-refractivity contribution is 7.80. The second kappa shape index (κ2) is 19.2. The summed E-state index contributed by atoms with van der Waals surface area (Å²) in [6, 6.07) is 0. The van der Waals surface area contributed by atoms with E-state index in [4.69, 9.17) is 32.6 Å². The first-order chi connectivity index (χ1) is 31.0. The van der Waals surface area contributed by atoms with Gasteiger partial charge in [0.25, 0.3) is 0 Å². The van der Waals surface area contributed by atoms with E-state index in [0.717, 1.165) is 32.1 Å². The van der Waals surface area contributed by atoms with Crippen LogP contribution in [0.5, 0.6) is 0 Å². The van der Waals surface area contributed by atoms with Gasteiger partial charge < -0.3 is 79.5 Å². The number of aliphatic hydroxyl groups excluding tert-OH is 9. The van der Waals surface area contributed by atoms with Gasteiger partial charge in [-0.05, 0) is 105 Å². The lowest BCUT2D eigenvalue weighted by molar-refractivity contribution is -0.339. The zero-order valence-corrected chi connectivity index (χ0v) is 39.2. The Balaban J connectivity index is 0.931. The maximum absolute atomic E-state index is 12.1. The smallest absolute Gasteiger partial charge is 0.394 e. The summed E-state index contributed by atoms with van der Waals surface area (Å²) in [7, 11) is -5.13. The lowest BCUT2D eigenvalue weighted by Crippen LogP contribution is -2.65. The first-order valence-electron chi connectivity index (χ1n) is 23.9. The summed E-state index contributed by atoms with van der Waals surface area (Å²) in [4.78, 5) is 0. The number of aliphatic hydroxyl groups is 10.